The molecule has 1 aliphatic heterocycles. The smallest absolute Gasteiger partial charge is 0.308 e. The summed E-state index contributed by atoms with van der Waals surface area (Å²) in [6.07, 6.45) is 0. The van der Waals surface area contributed by atoms with E-state index >= 15 is 0 Å². The number of halogens is 1. The van der Waals surface area contributed by atoms with Crippen LogP contribution in [0.1, 0.15) is 17.0 Å². The van der Waals surface area contributed by atoms with Crippen LogP contribution >= 0.6 is 12.4 Å². The maximum Gasteiger partial charge on any atom is 0.308 e. The van der Waals surface area contributed by atoms with Crippen molar-refractivity contribution in [2.24, 2.45) is 5.92 Å². The van der Waals surface area contributed by atoms with Gasteiger partial charge < -0.3 is 10.4 Å². The van der Waals surface area contributed by atoms with E-state index in [2.05, 4.69) is 11.4 Å². The van der Waals surface area contributed by atoms with Gasteiger partial charge in [-0.15, -0.1) is 12.4 Å². The molecule has 2 atom stereocenters. The van der Waals surface area contributed by atoms with Gasteiger partial charge in [0.2, 0.25) is 0 Å². The summed E-state index contributed by atoms with van der Waals surface area (Å²) < 4.78 is 0. The van der Waals surface area contributed by atoms with Crippen molar-refractivity contribution in [3.63, 3.8) is 0 Å². The van der Waals surface area contributed by atoms with E-state index in [0.29, 0.717) is 6.54 Å². The fraction of sp³-hybridized carbons (Fsp3) is 0.417. The molecule has 1 aromatic rings. The van der Waals surface area contributed by atoms with Crippen LogP contribution in [0.5, 0.6) is 0 Å². The summed E-state index contributed by atoms with van der Waals surface area (Å²) >= 11 is 0. The van der Waals surface area contributed by atoms with E-state index in [0.717, 1.165) is 12.1 Å². The molecule has 1 saturated heterocycles. The number of nitrogens with one attached hydrogen (secondary N) is 1. The topological polar surface area (TPSA) is 49.3 Å². The molecule has 2 N–H and O–H groups in total. The van der Waals surface area contributed by atoms with E-state index < -0.39 is 5.97 Å². The highest BCUT2D eigenvalue weighted by Crippen LogP contribution is 2.28. The number of hydrogen-bond donors (Lipinski definition) is 2. The molecule has 0 spiro atoms. The van der Waals surface area contributed by atoms with E-state index in [-0.39, 0.29) is 24.2 Å². The first kappa shape index (κ1) is 13.0. The molecule has 88 valence electrons. The first-order chi connectivity index (χ1) is 7.18. The van der Waals surface area contributed by atoms with Crippen LogP contribution in [0.15, 0.2) is 24.3 Å². The molecule has 0 aromatic heterocycles. The Kier molecular flexibility index (Phi) is 4.33. The van der Waals surface area contributed by atoms with Crippen molar-refractivity contribution in [3.8, 4) is 0 Å². The van der Waals surface area contributed by atoms with Crippen molar-refractivity contribution in [1.82, 2.24) is 5.32 Å². The summed E-state index contributed by atoms with van der Waals surface area (Å²) in [7, 11) is 0. The second-order valence-electron chi connectivity index (χ2n) is 4.12. The fourth-order valence-electron chi connectivity index (χ4n) is 2.19. The van der Waals surface area contributed by atoms with Crippen LogP contribution in [-0.2, 0) is 4.79 Å². The monoisotopic (exact) mass is 241 g/mol. The zero-order chi connectivity index (χ0) is 10.8. The summed E-state index contributed by atoms with van der Waals surface area (Å²) in [5.41, 5.74) is 2.32. The third-order valence-electron chi connectivity index (χ3n) is 3.00. The quantitative estimate of drug-likeness (QED) is 0.830. The number of aryl methyl sites for hydroxylation is 1. The zero-order valence-electron chi connectivity index (χ0n) is 9.14. The minimum Gasteiger partial charge on any atom is -0.481 e. The Morgan fingerprint density at radius 3 is 2.81 bits per heavy atom. The highest BCUT2D eigenvalue weighted by Gasteiger charge is 2.33. The molecule has 0 unspecified atom stereocenters. The second-order valence-corrected chi connectivity index (χ2v) is 4.12. The highest BCUT2D eigenvalue weighted by molar-refractivity contribution is 5.85. The second kappa shape index (κ2) is 5.32. The molecule has 2 rings (SSSR count). The predicted molar refractivity (Wildman–Crippen MR) is 65.2 cm³/mol. The third-order valence-corrected chi connectivity index (χ3v) is 3.00. The maximum atomic E-state index is 11.0. The molecular formula is C12H16ClNO2. The number of carboxylic acid groups (broad SMARTS) is 1. The first-order valence-corrected chi connectivity index (χ1v) is 5.18. The molecule has 3 nitrogen and oxygen atoms in total. The Balaban J connectivity index is 0.00000128. The van der Waals surface area contributed by atoms with Crippen molar-refractivity contribution in [2.75, 3.05) is 13.1 Å². The van der Waals surface area contributed by atoms with E-state index in [1.165, 1.54) is 5.56 Å². The highest BCUT2D eigenvalue weighted by atomic mass is 35.5. The third kappa shape index (κ3) is 2.54. The SMILES string of the molecule is Cc1cccc([C@@H]2CNC[C@H]2C(=O)O)c1.Cl. The lowest BCUT2D eigenvalue weighted by atomic mass is 9.88. The number of hydrogen-bond acceptors (Lipinski definition) is 2. The van der Waals surface area contributed by atoms with Gasteiger partial charge in [0.05, 0.1) is 5.92 Å². The van der Waals surface area contributed by atoms with Crippen LogP contribution in [0, 0.1) is 12.8 Å². The van der Waals surface area contributed by atoms with Crippen molar-refractivity contribution in [3.05, 3.63) is 35.4 Å². The average molecular weight is 242 g/mol. The van der Waals surface area contributed by atoms with Gasteiger partial charge in [0, 0.05) is 19.0 Å². The van der Waals surface area contributed by atoms with Crippen molar-refractivity contribution < 1.29 is 9.90 Å². The van der Waals surface area contributed by atoms with Crippen LogP contribution < -0.4 is 5.32 Å². The first-order valence-electron chi connectivity index (χ1n) is 5.18. The van der Waals surface area contributed by atoms with E-state index in [1.807, 2.05) is 25.1 Å². The molecule has 0 bridgehead atoms. The lowest BCUT2D eigenvalue weighted by Crippen LogP contribution is -2.21. The fourth-order valence-corrected chi connectivity index (χ4v) is 2.19. The zero-order valence-corrected chi connectivity index (χ0v) is 9.96. The van der Waals surface area contributed by atoms with Gasteiger partial charge >= 0.3 is 5.97 Å². The van der Waals surface area contributed by atoms with Gasteiger partial charge in [0.15, 0.2) is 0 Å². The molecule has 0 radical (unpaired) electrons. The minimum absolute atomic E-state index is 0. The Bertz CT molecular complexity index is 381. The van der Waals surface area contributed by atoms with Gasteiger partial charge in [-0.2, -0.15) is 0 Å². The lowest BCUT2D eigenvalue weighted by Gasteiger charge is -2.15. The van der Waals surface area contributed by atoms with Crippen LogP contribution in [0.3, 0.4) is 0 Å². The Labute approximate surface area is 101 Å². The van der Waals surface area contributed by atoms with Crippen molar-refractivity contribution >= 4 is 18.4 Å². The standard InChI is InChI=1S/C12H15NO2.ClH/c1-8-3-2-4-9(5-8)10-6-13-7-11(10)12(14)15;/h2-5,10-11,13H,6-7H2,1H3,(H,14,15);1H/t10-,11+;/m0./s1. The molecule has 1 fully saturated rings. The molecule has 4 heteroatoms. The predicted octanol–water partition coefficient (Wildman–Crippen LogP) is 1.80. The largest absolute Gasteiger partial charge is 0.481 e. The molecule has 0 amide bonds. The average Bonchev–Trinajstić information content (AvgIpc) is 2.65. The molecule has 1 aromatic carbocycles. The van der Waals surface area contributed by atoms with E-state index in [9.17, 15) is 4.79 Å². The van der Waals surface area contributed by atoms with Gasteiger partial charge in [-0.05, 0) is 12.5 Å². The lowest BCUT2D eigenvalue weighted by molar-refractivity contribution is -0.141. The van der Waals surface area contributed by atoms with Gasteiger partial charge in [-0.1, -0.05) is 29.8 Å². The number of benzene rings is 1. The molecule has 1 aliphatic rings. The van der Waals surface area contributed by atoms with E-state index in [1.54, 1.807) is 0 Å². The molecule has 1 heterocycles. The summed E-state index contributed by atoms with van der Waals surface area (Å²) in [4.78, 5) is 11.0. The Hall–Kier alpha value is -1.06. The minimum atomic E-state index is -0.702. The van der Waals surface area contributed by atoms with Gasteiger partial charge in [-0.25, -0.2) is 0 Å². The van der Waals surface area contributed by atoms with Crippen LogP contribution in [0.2, 0.25) is 0 Å². The Morgan fingerprint density at radius 1 is 1.44 bits per heavy atom. The molecule has 0 aliphatic carbocycles. The number of carboxylic acids is 1. The summed E-state index contributed by atoms with van der Waals surface area (Å²) in [6.45, 7) is 3.37. The van der Waals surface area contributed by atoms with Crippen molar-refractivity contribution in [1.29, 1.82) is 0 Å². The maximum absolute atomic E-state index is 11.0. The summed E-state index contributed by atoms with van der Waals surface area (Å²) in [6, 6.07) is 8.11. The van der Waals surface area contributed by atoms with Gasteiger partial charge in [0.25, 0.3) is 0 Å². The molecular weight excluding hydrogens is 226 g/mol. The van der Waals surface area contributed by atoms with Crippen LogP contribution in [0.4, 0.5) is 0 Å². The van der Waals surface area contributed by atoms with Gasteiger partial charge in [-0.3, -0.25) is 4.79 Å². The van der Waals surface area contributed by atoms with Crippen LogP contribution in [-0.4, -0.2) is 24.2 Å². The Morgan fingerprint density at radius 2 is 2.19 bits per heavy atom. The number of aliphatic carboxylic acids is 1. The number of carbonyl (C=O) groups is 1. The van der Waals surface area contributed by atoms with Crippen molar-refractivity contribution in [2.45, 2.75) is 12.8 Å². The number of rotatable bonds is 2. The van der Waals surface area contributed by atoms with E-state index in [4.69, 9.17) is 5.11 Å². The summed E-state index contributed by atoms with van der Waals surface area (Å²) in [5, 5.41) is 12.2. The van der Waals surface area contributed by atoms with Crippen LogP contribution in [0.25, 0.3) is 0 Å². The van der Waals surface area contributed by atoms with Gasteiger partial charge in [0.1, 0.15) is 0 Å². The summed E-state index contributed by atoms with van der Waals surface area (Å²) in [5.74, 6) is -0.874. The molecule has 16 heavy (non-hydrogen) atoms. The molecule has 0 saturated carbocycles. The normalized spacial score (nSPS) is 23.8.